The summed E-state index contributed by atoms with van der Waals surface area (Å²) in [6.07, 6.45) is 7.59. The third-order valence-electron chi connectivity index (χ3n) is 3.43. The van der Waals surface area contributed by atoms with E-state index in [2.05, 4.69) is 33.0 Å². The van der Waals surface area contributed by atoms with Crippen molar-refractivity contribution in [2.75, 3.05) is 19.8 Å². The predicted octanol–water partition coefficient (Wildman–Crippen LogP) is 4.00. The molecule has 0 bridgehead atoms. The van der Waals surface area contributed by atoms with Crippen molar-refractivity contribution in [1.82, 2.24) is 5.32 Å². The molecule has 104 valence electrons. The van der Waals surface area contributed by atoms with Gasteiger partial charge in [0.05, 0.1) is 6.61 Å². The molecule has 0 amide bonds. The molecule has 0 aromatic heterocycles. The van der Waals surface area contributed by atoms with Gasteiger partial charge in [-0.25, -0.2) is 0 Å². The Hall–Kier alpha value is -0.0800. The Bertz CT molecular complexity index is 150. The minimum Gasteiger partial charge on any atom is -0.380 e. The average Bonchev–Trinajstić information content (AvgIpc) is 2.36. The molecular formula is C15H33NO. The van der Waals surface area contributed by atoms with Gasteiger partial charge in [0, 0.05) is 12.6 Å². The molecule has 0 aliphatic heterocycles. The average molecular weight is 243 g/mol. The number of rotatable bonds is 12. The maximum atomic E-state index is 5.80. The van der Waals surface area contributed by atoms with E-state index in [1.807, 2.05) is 0 Å². The SMILES string of the molecule is CCCCCCOCC(NCCC)C(C)CC. The Morgan fingerprint density at radius 1 is 1.00 bits per heavy atom. The van der Waals surface area contributed by atoms with E-state index in [1.54, 1.807) is 0 Å². The number of hydrogen-bond donors (Lipinski definition) is 1. The van der Waals surface area contributed by atoms with Crippen molar-refractivity contribution < 1.29 is 4.74 Å². The van der Waals surface area contributed by atoms with Crippen LogP contribution in [0.4, 0.5) is 0 Å². The van der Waals surface area contributed by atoms with Gasteiger partial charge < -0.3 is 10.1 Å². The Kier molecular flexibility index (Phi) is 12.3. The van der Waals surface area contributed by atoms with Crippen LogP contribution >= 0.6 is 0 Å². The molecule has 2 heteroatoms. The van der Waals surface area contributed by atoms with E-state index < -0.39 is 0 Å². The summed E-state index contributed by atoms with van der Waals surface area (Å²) in [5.41, 5.74) is 0. The van der Waals surface area contributed by atoms with Crippen LogP contribution in [-0.4, -0.2) is 25.8 Å². The van der Waals surface area contributed by atoms with Gasteiger partial charge in [-0.2, -0.15) is 0 Å². The van der Waals surface area contributed by atoms with Crippen LogP contribution in [0.2, 0.25) is 0 Å². The minimum atomic E-state index is 0.533. The van der Waals surface area contributed by atoms with E-state index in [0.717, 1.165) is 19.8 Å². The van der Waals surface area contributed by atoms with Crippen LogP contribution in [0.25, 0.3) is 0 Å². The van der Waals surface area contributed by atoms with Crippen molar-refractivity contribution in [3.63, 3.8) is 0 Å². The highest BCUT2D eigenvalue weighted by atomic mass is 16.5. The lowest BCUT2D eigenvalue weighted by molar-refractivity contribution is 0.0917. The first-order chi connectivity index (χ1) is 8.26. The summed E-state index contributed by atoms with van der Waals surface area (Å²) in [5.74, 6) is 0.706. The van der Waals surface area contributed by atoms with Crippen LogP contribution in [-0.2, 0) is 4.74 Å². The van der Waals surface area contributed by atoms with Crippen molar-refractivity contribution in [1.29, 1.82) is 0 Å². The topological polar surface area (TPSA) is 21.3 Å². The molecule has 0 heterocycles. The molecule has 0 saturated heterocycles. The van der Waals surface area contributed by atoms with Crippen molar-refractivity contribution in [3.05, 3.63) is 0 Å². The van der Waals surface area contributed by atoms with Gasteiger partial charge in [0.1, 0.15) is 0 Å². The zero-order valence-corrected chi connectivity index (χ0v) is 12.4. The van der Waals surface area contributed by atoms with E-state index in [0.29, 0.717) is 12.0 Å². The fourth-order valence-corrected chi connectivity index (χ4v) is 1.88. The Morgan fingerprint density at radius 2 is 1.76 bits per heavy atom. The zero-order valence-electron chi connectivity index (χ0n) is 12.4. The molecule has 0 saturated carbocycles. The lowest BCUT2D eigenvalue weighted by Gasteiger charge is -2.24. The fraction of sp³-hybridized carbons (Fsp3) is 1.00. The minimum absolute atomic E-state index is 0.533. The third-order valence-corrected chi connectivity index (χ3v) is 3.43. The summed E-state index contributed by atoms with van der Waals surface area (Å²) in [6, 6.07) is 0.533. The van der Waals surface area contributed by atoms with Crippen molar-refractivity contribution in [3.8, 4) is 0 Å². The number of unbranched alkanes of at least 4 members (excludes halogenated alkanes) is 3. The summed E-state index contributed by atoms with van der Waals surface area (Å²) in [5, 5.41) is 3.60. The maximum absolute atomic E-state index is 5.80. The second-order valence-corrected chi connectivity index (χ2v) is 5.08. The van der Waals surface area contributed by atoms with E-state index in [9.17, 15) is 0 Å². The van der Waals surface area contributed by atoms with Gasteiger partial charge in [-0.3, -0.25) is 0 Å². The zero-order chi connectivity index (χ0) is 12.9. The lowest BCUT2D eigenvalue weighted by Crippen LogP contribution is -2.39. The molecule has 17 heavy (non-hydrogen) atoms. The number of ether oxygens (including phenoxy) is 1. The Labute approximate surface area is 109 Å². The molecular weight excluding hydrogens is 210 g/mol. The van der Waals surface area contributed by atoms with Gasteiger partial charge in [-0.15, -0.1) is 0 Å². The van der Waals surface area contributed by atoms with Crippen LogP contribution < -0.4 is 5.32 Å². The van der Waals surface area contributed by atoms with Crippen molar-refractivity contribution in [2.24, 2.45) is 5.92 Å². The van der Waals surface area contributed by atoms with E-state index >= 15 is 0 Å². The van der Waals surface area contributed by atoms with Gasteiger partial charge in [-0.1, -0.05) is 53.4 Å². The van der Waals surface area contributed by atoms with E-state index in [1.165, 1.54) is 38.5 Å². The quantitative estimate of drug-likeness (QED) is 0.523. The first-order valence-corrected chi connectivity index (χ1v) is 7.57. The van der Waals surface area contributed by atoms with Gasteiger partial charge in [-0.05, 0) is 25.3 Å². The molecule has 1 N–H and O–H groups in total. The van der Waals surface area contributed by atoms with Crippen LogP contribution in [0, 0.1) is 5.92 Å². The molecule has 0 aliphatic rings. The molecule has 0 aromatic carbocycles. The summed E-state index contributed by atoms with van der Waals surface area (Å²) >= 11 is 0. The van der Waals surface area contributed by atoms with Gasteiger partial charge >= 0.3 is 0 Å². The van der Waals surface area contributed by atoms with Gasteiger partial charge in [0.25, 0.3) is 0 Å². The van der Waals surface area contributed by atoms with Crippen molar-refractivity contribution >= 4 is 0 Å². The summed E-state index contributed by atoms with van der Waals surface area (Å²) in [4.78, 5) is 0. The third kappa shape index (κ3) is 9.61. The fourth-order valence-electron chi connectivity index (χ4n) is 1.88. The number of hydrogen-bond acceptors (Lipinski definition) is 2. The van der Waals surface area contributed by atoms with Gasteiger partial charge in [0.2, 0.25) is 0 Å². The molecule has 0 radical (unpaired) electrons. The van der Waals surface area contributed by atoms with Crippen LogP contribution in [0.15, 0.2) is 0 Å². The Morgan fingerprint density at radius 3 is 2.35 bits per heavy atom. The molecule has 2 nitrogen and oxygen atoms in total. The molecule has 2 atom stereocenters. The molecule has 0 aromatic rings. The molecule has 0 fully saturated rings. The molecule has 0 rings (SSSR count). The largest absolute Gasteiger partial charge is 0.380 e. The summed E-state index contributed by atoms with van der Waals surface area (Å²) < 4.78 is 5.80. The van der Waals surface area contributed by atoms with Crippen LogP contribution in [0.5, 0.6) is 0 Å². The monoisotopic (exact) mass is 243 g/mol. The number of nitrogens with one attached hydrogen (secondary N) is 1. The van der Waals surface area contributed by atoms with Crippen LogP contribution in [0.1, 0.15) is 66.2 Å². The standard InChI is InChI=1S/C15H33NO/c1-5-8-9-10-12-17-13-15(14(4)7-3)16-11-6-2/h14-16H,5-13H2,1-4H3. The highest BCUT2D eigenvalue weighted by molar-refractivity contribution is 4.71. The highest BCUT2D eigenvalue weighted by Crippen LogP contribution is 2.09. The normalized spacial score (nSPS) is 14.8. The highest BCUT2D eigenvalue weighted by Gasteiger charge is 2.14. The lowest BCUT2D eigenvalue weighted by atomic mass is 10.00. The smallest absolute Gasteiger partial charge is 0.0622 e. The van der Waals surface area contributed by atoms with E-state index in [-0.39, 0.29) is 0 Å². The molecule has 2 unspecified atom stereocenters. The summed E-state index contributed by atoms with van der Waals surface area (Å²) in [6.45, 7) is 11.9. The maximum Gasteiger partial charge on any atom is 0.0622 e. The first-order valence-electron chi connectivity index (χ1n) is 7.57. The molecule has 0 spiro atoms. The van der Waals surface area contributed by atoms with Crippen LogP contribution in [0.3, 0.4) is 0 Å². The second kappa shape index (κ2) is 12.4. The first kappa shape index (κ1) is 16.9. The second-order valence-electron chi connectivity index (χ2n) is 5.08. The van der Waals surface area contributed by atoms with Gasteiger partial charge in [0.15, 0.2) is 0 Å². The van der Waals surface area contributed by atoms with Crippen molar-refractivity contribution in [2.45, 2.75) is 72.3 Å². The van der Waals surface area contributed by atoms with E-state index in [4.69, 9.17) is 4.74 Å². The Balaban J connectivity index is 3.60. The predicted molar refractivity (Wildman–Crippen MR) is 76.5 cm³/mol. The molecule has 0 aliphatic carbocycles. The summed E-state index contributed by atoms with van der Waals surface area (Å²) in [7, 11) is 0.